The van der Waals surface area contributed by atoms with E-state index in [0.29, 0.717) is 12.6 Å². The average Bonchev–Trinajstić information content (AvgIpc) is 2.65. The molecule has 146 valence electrons. The summed E-state index contributed by atoms with van der Waals surface area (Å²) in [5.74, 6) is 0.386. The minimum Gasteiger partial charge on any atom is -0.482 e. The van der Waals surface area contributed by atoms with Gasteiger partial charge < -0.3 is 14.8 Å². The molecular weight excluding hydrogens is 338 g/mol. The van der Waals surface area contributed by atoms with Crippen molar-refractivity contribution in [3.8, 4) is 5.75 Å². The van der Waals surface area contributed by atoms with E-state index in [1.807, 2.05) is 19.1 Å². The number of aryl methyl sites for hydroxylation is 1. The van der Waals surface area contributed by atoms with Gasteiger partial charge in [-0.15, -0.1) is 0 Å². The first-order valence-corrected chi connectivity index (χ1v) is 9.64. The van der Waals surface area contributed by atoms with Crippen LogP contribution >= 0.6 is 0 Å². The summed E-state index contributed by atoms with van der Waals surface area (Å²) in [6.07, 6.45) is 8.09. The third kappa shape index (κ3) is 7.06. The van der Waals surface area contributed by atoms with Gasteiger partial charge in [-0.25, -0.2) is 4.79 Å². The fourth-order valence-electron chi connectivity index (χ4n) is 3.31. The normalized spacial score (nSPS) is 16.4. The second-order valence-corrected chi connectivity index (χ2v) is 6.94. The Bertz CT molecular complexity index is 706. The SMILES string of the molecule is C=C/C(=C\C(=C)C)CCN[C@H]1CCc2ccc(OCC(=O)OCC)cc2C1. The van der Waals surface area contributed by atoms with Gasteiger partial charge in [0.15, 0.2) is 6.61 Å². The first kappa shape index (κ1) is 21.0. The summed E-state index contributed by atoms with van der Waals surface area (Å²) >= 11 is 0. The van der Waals surface area contributed by atoms with Crippen LogP contribution in [0.2, 0.25) is 0 Å². The van der Waals surface area contributed by atoms with Gasteiger partial charge in [-0.05, 0) is 74.9 Å². The number of hydrogen-bond acceptors (Lipinski definition) is 4. The van der Waals surface area contributed by atoms with Crippen LogP contribution in [0.1, 0.15) is 37.8 Å². The van der Waals surface area contributed by atoms with E-state index in [1.54, 1.807) is 6.92 Å². The summed E-state index contributed by atoms with van der Waals surface area (Å²) < 4.78 is 10.5. The molecule has 4 nitrogen and oxygen atoms in total. The van der Waals surface area contributed by atoms with Crippen LogP contribution in [0.5, 0.6) is 5.75 Å². The number of allylic oxidation sites excluding steroid dienone is 3. The smallest absolute Gasteiger partial charge is 0.344 e. The molecule has 0 saturated heterocycles. The topological polar surface area (TPSA) is 47.6 Å². The van der Waals surface area contributed by atoms with E-state index in [0.717, 1.165) is 43.6 Å². The minimum atomic E-state index is -0.337. The molecule has 0 saturated carbocycles. The minimum absolute atomic E-state index is 0.0479. The van der Waals surface area contributed by atoms with Gasteiger partial charge in [0.05, 0.1) is 6.61 Å². The number of fused-ring (bicyclic) bond motifs is 1. The van der Waals surface area contributed by atoms with Crippen LogP contribution in [-0.4, -0.2) is 31.8 Å². The molecule has 1 aromatic rings. The van der Waals surface area contributed by atoms with Crippen molar-refractivity contribution in [3.05, 3.63) is 65.8 Å². The molecule has 0 fully saturated rings. The van der Waals surface area contributed by atoms with Crippen molar-refractivity contribution in [2.75, 3.05) is 19.8 Å². The van der Waals surface area contributed by atoms with E-state index >= 15 is 0 Å². The molecule has 0 heterocycles. The molecule has 2 rings (SSSR count). The molecular formula is C23H31NO3. The van der Waals surface area contributed by atoms with Gasteiger partial charge in [0.2, 0.25) is 0 Å². The maximum Gasteiger partial charge on any atom is 0.344 e. The lowest BCUT2D eigenvalue weighted by molar-refractivity contribution is -0.145. The highest BCUT2D eigenvalue weighted by atomic mass is 16.6. The number of carbonyl (C=O) groups excluding carboxylic acids is 1. The van der Waals surface area contributed by atoms with E-state index in [1.165, 1.54) is 16.7 Å². The molecule has 1 aromatic carbocycles. The molecule has 0 aromatic heterocycles. The van der Waals surface area contributed by atoms with Crippen molar-refractivity contribution in [2.24, 2.45) is 0 Å². The highest BCUT2D eigenvalue weighted by Crippen LogP contribution is 2.26. The lowest BCUT2D eigenvalue weighted by atomic mass is 9.88. The fourth-order valence-corrected chi connectivity index (χ4v) is 3.31. The van der Waals surface area contributed by atoms with Crippen LogP contribution in [0.3, 0.4) is 0 Å². The zero-order chi connectivity index (χ0) is 19.6. The van der Waals surface area contributed by atoms with Gasteiger partial charge in [0, 0.05) is 6.04 Å². The number of benzene rings is 1. The first-order valence-electron chi connectivity index (χ1n) is 9.64. The van der Waals surface area contributed by atoms with Crippen LogP contribution in [0.15, 0.2) is 54.7 Å². The fraction of sp³-hybridized carbons (Fsp3) is 0.435. The Labute approximate surface area is 162 Å². The van der Waals surface area contributed by atoms with E-state index in [2.05, 4.69) is 36.7 Å². The van der Waals surface area contributed by atoms with Crippen LogP contribution in [0.25, 0.3) is 0 Å². The number of rotatable bonds is 10. The highest BCUT2D eigenvalue weighted by molar-refractivity contribution is 5.71. The zero-order valence-electron chi connectivity index (χ0n) is 16.6. The summed E-state index contributed by atoms with van der Waals surface area (Å²) in [7, 11) is 0. The molecule has 0 aliphatic heterocycles. The van der Waals surface area contributed by atoms with Gasteiger partial charge in [-0.1, -0.05) is 36.9 Å². The number of nitrogens with one attached hydrogen (secondary N) is 1. The van der Waals surface area contributed by atoms with Crippen LogP contribution in [-0.2, 0) is 22.4 Å². The predicted molar refractivity (Wildman–Crippen MR) is 110 cm³/mol. The molecule has 1 atom stereocenters. The third-order valence-corrected chi connectivity index (χ3v) is 4.61. The van der Waals surface area contributed by atoms with Crippen LogP contribution in [0, 0.1) is 0 Å². The number of hydrogen-bond donors (Lipinski definition) is 1. The molecule has 4 heteroatoms. The van der Waals surface area contributed by atoms with Gasteiger partial charge in [-0.3, -0.25) is 0 Å². The van der Waals surface area contributed by atoms with E-state index in [4.69, 9.17) is 9.47 Å². The van der Waals surface area contributed by atoms with E-state index in [-0.39, 0.29) is 12.6 Å². The van der Waals surface area contributed by atoms with Gasteiger partial charge in [0.25, 0.3) is 0 Å². The third-order valence-electron chi connectivity index (χ3n) is 4.61. The monoisotopic (exact) mass is 369 g/mol. The van der Waals surface area contributed by atoms with Crippen LogP contribution in [0.4, 0.5) is 0 Å². The summed E-state index contributed by atoms with van der Waals surface area (Å²) in [5, 5.41) is 3.65. The predicted octanol–water partition coefficient (Wildman–Crippen LogP) is 4.15. The van der Waals surface area contributed by atoms with Gasteiger partial charge in [0.1, 0.15) is 5.75 Å². The Hall–Kier alpha value is -2.33. The maximum atomic E-state index is 11.4. The van der Waals surface area contributed by atoms with Crippen molar-refractivity contribution < 1.29 is 14.3 Å². The molecule has 0 spiro atoms. The first-order chi connectivity index (χ1) is 13.0. The number of esters is 1. The molecule has 1 aliphatic carbocycles. The van der Waals surface area contributed by atoms with E-state index in [9.17, 15) is 4.79 Å². The Kier molecular flexibility index (Phi) is 8.34. The van der Waals surface area contributed by atoms with Crippen molar-refractivity contribution >= 4 is 5.97 Å². The second kappa shape index (κ2) is 10.7. The molecule has 0 amide bonds. The standard InChI is InChI=1S/C23H31NO3/c1-5-18(13-17(3)4)11-12-24-21-9-7-19-8-10-22(15-20(19)14-21)27-16-23(25)26-6-2/h5,8,10,13,15,21,24H,1,3,6-7,9,11-12,14,16H2,2,4H3/b18-13+/t21-/m0/s1. The van der Waals surface area contributed by atoms with Crippen molar-refractivity contribution in [2.45, 2.75) is 45.6 Å². The van der Waals surface area contributed by atoms with Crippen molar-refractivity contribution in [3.63, 3.8) is 0 Å². The van der Waals surface area contributed by atoms with Crippen molar-refractivity contribution in [1.29, 1.82) is 0 Å². The van der Waals surface area contributed by atoms with Gasteiger partial charge in [-0.2, -0.15) is 0 Å². The lowest BCUT2D eigenvalue weighted by Gasteiger charge is -2.26. The molecule has 1 N–H and O–H groups in total. The summed E-state index contributed by atoms with van der Waals surface area (Å²) in [6, 6.07) is 6.55. The molecule has 0 bridgehead atoms. The Morgan fingerprint density at radius 1 is 1.37 bits per heavy atom. The number of carbonyl (C=O) groups is 1. The molecule has 0 unspecified atom stereocenters. The molecule has 0 radical (unpaired) electrons. The summed E-state index contributed by atoms with van der Waals surface area (Å²) in [6.45, 7) is 12.8. The number of ether oxygens (including phenoxy) is 2. The highest BCUT2D eigenvalue weighted by Gasteiger charge is 2.19. The Balaban J connectivity index is 1.87. The second-order valence-electron chi connectivity index (χ2n) is 6.94. The van der Waals surface area contributed by atoms with E-state index < -0.39 is 0 Å². The zero-order valence-corrected chi connectivity index (χ0v) is 16.6. The molecule has 1 aliphatic rings. The lowest BCUT2D eigenvalue weighted by Crippen LogP contribution is -2.35. The molecule has 27 heavy (non-hydrogen) atoms. The van der Waals surface area contributed by atoms with Crippen molar-refractivity contribution in [1.82, 2.24) is 5.32 Å². The summed E-state index contributed by atoms with van der Waals surface area (Å²) in [5.41, 5.74) is 4.92. The summed E-state index contributed by atoms with van der Waals surface area (Å²) in [4.78, 5) is 11.4. The Morgan fingerprint density at radius 2 is 2.19 bits per heavy atom. The largest absolute Gasteiger partial charge is 0.482 e. The van der Waals surface area contributed by atoms with Crippen LogP contribution < -0.4 is 10.1 Å². The average molecular weight is 370 g/mol. The Morgan fingerprint density at radius 3 is 2.89 bits per heavy atom. The maximum absolute atomic E-state index is 11.4. The van der Waals surface area contributed by atoms with Gasteiger partial charge >= 0.3 is 5.97 Å². The quantitative estimate of drug-likeness (QED) is 0.497.